The molecule has 2 aliphatic carbocycles. The number of allylic oxidation sites excluding steroid dienone is 1. The van der Waals surface area contributed by atoms with Crippen LogP contribution in [-0.2, 0) is 23.7 Å². The molecule has 3 nitrogen and oxygen atoms in total. The van der Waals surface area contributed by atoms with Crippen molar-refractivity contribution >= 4 is 12.0 Å². The highest BCUT2D eigenvalue weighted by molar-refractivity contribution is 5.84. The van der Waals surface area contributed by atoms with Crippen LogP contribution in [-0.4, -0.2) is 29.9 Å². The number of hydrogen-bond acceptors (Lipinski definition) is 2. The Kier molecular flexibility index (Phi) is 8.30. The van der Waals surface area contributed by atoms with Crippen molar-refractivity contribution < 1.29 is 31.1 Å². The lowest BCUT2D eigenvalue weighted by Gasteiger charge is -2.40. The van der Waals surface area contributed by atoms with Gasteiger partial charge in [-0.05, 0) is 92.1 Å². The Morgan fingerprint density at radius 2 is 1.63 bits per heavy atom. The number of likely N-dealkylation sites (tertiary alicyclic amines) is 1. The van der Waals surface area contributed by atoms with Gasteiger partial charge in [-0.15, -0.1) is 0 Å². The predicted octanol–water partition coefficient (Wildman–Crippen LogP) is 7.96. The van der Waals surface area contributed by atoms with Crippen LogP contribution in [0.2, 0.25) is 0 Å². The van der Waals surface area contributed by atoms with Crippen molar-refractivity contribution in [3.05, 3.63) is 76.9 Å². The molecule has 4 atom stereocenters. The van der Waals surface area contributed by atoms with Gasteiger partial charge in [-0.1, -0.05) is 49.4 Å². The molecule has 222 valence electrons. The van der Waals surface area contributed by atoms with Crippen LogP contribution in [0.1, 0.15) is 67.7 Å². The second kappa shape index (κ2) is 11.5. The smallest absolute Gasteiger partial charge is 0.352 e. The molecule has 0 radical (unpaired) electrons. The number of carbonyl (C=O) groups is 1. The summed E-state index contributed by atoms with van der Waals surface area (Å²) in [7, 11) is 0. The summed E-state index contributed by atoms with van der Waals surface area (Å²) in [6, 6.07) is 11.9. The van der Waals surface area contributed by atoms with Gasteiger partial charge in [0, 0.05) is 19.1 Å². The average molecular weight is 579 g/mol. The van der Waals surface area contributed by atoms with Crippen molar-refractivity contribution in [2.75, 3.05) is 13.1 Å². The van der Waals surface area contributed by atoms with E-state index < -0.39 is 28.9 Å². The van der Waals surface area contributed by atoms with Crippen LogP contribution in [0.25, 0.3) is 6.08 Å². The first-order valence-electron chi connectivity index (χ1n) is 14.4. The van der Waals surface area contributed by atoms with Crippen LogP contribution in [0.3, 0.4) is 0 Å². The highest BCUT2D eigenvalue weighted by atomic mass is 19.4. The molecular weight excluding hydrogens is 542 g/mol. The van der Waals surface area contributed by atoms with Crippen molar-refractivity contribution in [1.82, 2.24) is 10.2 Å². The zero-order chi connectivity index (χ0) is 29.4. The molecule has 1 saturated heterocycles. The molecule has 41 heavy (non-hydrogen) atoms. The molecule has 2 unspecified atom stereocenters. The van der Waals surface area contributed by atoms with Crippen LogP contribution in [0.15, 0.2) is 54.6 Å². The molecule has 1 N–H and O–H groups in total. The van der Waals surface area contributed by atoms with Gasteiger partial charge in [0.05, 0.1) is 16.5 Å². The number of nitrogens with one attached hydrogen (secondary N) is 1. The summed E-state index contributed by atoms with van der Waals surface area (Å²) >= 11 is 0. The van der Waals surface area contributed by atoms with E-state index in [1.54, 1.807) is 0 Å². The van der Waals surface area contributed by atoms with Gasteiger partial charge in [0.2, 0.25) is 5.91 Å². The number of piperidine rings is 1. The summed E-state index contributed by atoms with van der Waals surface area (Å²) in [5, 5.41) is 2.73. The molecule has 5 rings (SSSR count). The van der Waals surface area contributed by atoms with Crippen molar-refractivity contribution in [3.63, 3.8) is 0 Å². The third-order valence-electron chi connectivity index (χ3n) is 9.29. The maximum atomic E-state index is 13.6. The lowest BCUT2D eigenvalue weighted by atomic mass is 9.79. The Balaban J connectivity index is 1.23. The van der Waals surface area contributed by atoms with Gasteiger partial charge in [-0.25, -0.2) is 0 Å². The zero-order valence-electron chi connectivity index (χ0n) is 23.1. The lowest BCUT2D eigenvalue weighted by Crippen LogP contribution is -2.46. The number of alkyl halides is 6. The lowest BCUT2D eigenvalue weighted by molar-refractivity contribution is -0.143. The summed E-state index contributed by atoms with van der Waals surface area (Å²) in [4.78, 5) is 16.1. The number of rotatable bonds is 7. The van der Waals surface area contributed by atoms with Crippen molar-refractivity contribution in [2.45, 2.75) is 70.4 Å². The monoisotopic (exact) mass is 578 g/mol. The third kappa shape index (κ3) is 6.82. The minimum atomic E-state index is -4.92. The van der Waals surface area contributed by atoms with Gasteiger partial charge in [-0.2, -0.15) is 26.3 Å². The maximum Gasteiger partial charge on any atom is 0.416 e. The molecule has 2 saturated carbocycles. The van der Waals surface area contributed by atoms with E-state index in [0.717, 1.165) is 38.8 Å². The Labute approximate surface area is 237 Å². The molecule has 3 aliphatic rings. The normalized spacial score (nSPS) is 27.8. The van der Waals surface area contributed by atoms with Crippen molar-refractivity contribution in [1.29, 1.82) is 0 Å². The van der Waals surface area contributed by atoms with Gasteiger partial charge in [0.25, 0.3) is 0 Å². The highest BCUT2D eigenvalue weighted by Crippen LogP contribution is 2.56. The van der Waals surface area contributed by atoms with Gasteiger partial charge >= 0.3 is 12.4 Å². The summed E-state index contributed by atoms with van der Waals surface area (Å²) in [5.74, 6) is 0.890. The first-order chi connectivity index (χ1) is 19.3. The molecule has 0 aromatic heterocycles. The van der Waals surface area contributed by atoms with E-state index in [4.69, 9.17) is 0 Å². The molecule has 2 aromatic carbocycles. The third-order valence-corrected chi connectivity index (χ3v) is 9.29. The van der Waals surface area contributed by atoms with Gasteiger partial charge in [0.15, 0.2) is 0 Å². The summed E-state index contributed by atoms with van der Waals surface area (Å²) in [6.45, 7) is 3.75. The molecule has 1 heterocycles. The number of nitrogens with zero attached hydrogens (tertiary/aromatic N) is 1. The number of hydrogen-bond donors (Lipinski definition) is 1. The van der Waals surface area contributed by atoms with Gasteiger partial charge in [0.1, 0.15) is 0 Å². The molecule has 0 spiro atoms. The molecule has 1 aliphatic heterocycles. The molecule has 2 aromatic rings. The Morgan fingerprint density at radius 3 is 2.22 bits per heavy atom. The summed E-state index contributed by atoms with van der Waals surface area (Å²) in [6.07, 6.45) is -0.266. The van der Waals surface area contributed by atoms with Gasteiger partial charge < -0.3 is 10.2 Å². The number of carbonyl (C=O) groups excluding carboxylic acids is 1. The minimum absolute atomic E-state index is 0.111. The Bertz CT molecular complexity index is 1220. The molecule has 1 amide bonds. The summed E-state index contributed by atoms with van der Waals surface area (Å²) < 4.78 is 79.7. The first-order valence-corrected chi connectivity index (χ1v) is 14.4. The fourth-order valence-electron chi connectivity index (χ4n) is 6.85. The van der Waals surface area contributed by atoms with Crippen molar-refractivity contribution in [2.24, 2.45) is 23.2 Å². The zero-order valence-corrected chi connectivity index (χ0v) is 23.1. The minimum Gasteiger partial charge on any atom is -0.352 e. The van der Waals surface area contributed by atoms with Crippen LogP contribution in [0, 0.1) is 23.2 Å². The van der Waals surface area contributed by atoms with Crippen LogP contribution < -0.4 is 5.32 Å². The predicted molar refractivity (Wildman–Crippen MR) is 145 cm³/mol. The largest absolute Gasteiger partial charge is 0.416 e. The Hall–Kier alpha value is -2.81. The quantitative estimate of drug-likeness (QED) is 0.338. The Morgan fingerprint density at radius 1 is 0.976 bits per heavy atom. The second-order valence-corrected chi connectivity index (χ2v) is 12.1. The van der Waals surface area contributed by atoms with E-state index in [-0.39, 0.29) is 36.0 Å². The highest BCUT2D eigenvalue weighted by Gasteiger charge is 2.55. The van der Waals surface area contributed by atoms with E-state index >= 15 is 0 Å². The van der Waals surface area contributed by atoms with E-state index in [2.05, 4.69) is 41.4 Å². The first kappa shape index (κ1) is 29.7. The van der Waals surface area contributed by atoms with Gasteiger partial charge in [-0.3, -0.25) is 4.79 Å². The van der Waals surface area contributed by atoms with E-state index in [1.165, 1.54) is 5.56 Å². The molecule has 3 fully saturated rings. The summed E-state index contributed by atoms with van der Waals surface area (Å²) in [5.41, 5.74) is -2.39. The van der Waals surface area contributed by atoms with E-state index in [9.17, 15) is 31.1 Å². The van der Waals surface area contributed by atoms with E-state index in [0.29, 0.717) is 36.8 Å². The molecule has 9 heteroatoms. The molecule has 0 bridgehead atoms. The van der Waals surface area contributed by atoms with Crippen molar-refractivity contribution in [3.8, 4) is 0 Å². The van der Waals surface area contributed by atoms with Crippen LogP contribution in [0.4, 0.5) is 26.3 Å². The second-order valence-electron chi connectivity index (χ2n) is 12.1. The topological polar surface area (TPSA) is 32.3 Å². The van der Waals surface area contributed by atoms with Crippen LogP contribution >= 0.6 is 0 Å². The maximum absolute atomic E-state index is 13.6. The SMILES string of the molecule is C[C@H]1CN(C2CCC(C(=O)NCc3cc(C(F)(F)F)cc(C(F)(F)F)c3)(C3CC3)C2)CC[C@H]1/C=C\c1ccccc1. The number of amides is 1. The number of benzene rings is 2. The fourth-order valence-corrected chi connectivity index (χ4v) is 6.85. The van der Waals surface area contributed by atoms with E-state index in [1.807, 2.05) is 18.2 Å². The standard InChI is InChI=1S/C32H36F6N2O/c1-21-20-40(14-12-24(21)8-7-22-5-3-2-4-6-22)28-11-13-30(18-28,25-9-10-25)29(41)39-19-23-15-26(31(33,34)35)17-27(16-23)32(36,37)38/h2-8,15-17,21,24-25,28H,9-14,18-20H2,1H3,(H,39,41)/b8-7-/t21-,24+,28?,30?/m0/s1. The number of halogens is 6. The van der Waals surface area contributed by atoms with Crippen LogP contribution in [0.5, 0.6) is 0 Å². The molecular formula is C32H36F6N2O. The average Bonchev–Trinajstić information content (AvgIpc) is 3.69. The fraction of sp³-hybridized carbons (Fsp3) is 0.531.